The number of hydrazone groups is 1. The van der Waals surface area contributed by atoms with Gasteiger partial charge in [0.25, 0.3) is 5.91 Å². The van der Waals surface area contributed by atoms with Gasteiger partial charge in [0.2, 0.25) is 5.91 Å². The van der Waals surface area contributed by atoms with E-state index in [-0.39, 0.29) is 29.1 Å². The summed E-state index contributed by atoms with van der Waals surface area (Å²) in [5, 5.41) is 6.22. The lowest BCUT2D eigenvalue weighted by molar-refractivity contribution is -0.137. The molecule has 0 atom stereocenters. The molecule has 0 spiro atoms. The number of methoxy groups -OCH3 is 2. The van der Waals surface area contributed by atoms with Gasteiger partial charge in [0.05, 0.1) is 31.8 Å². The van der Waals surface area contributed by atoms with Crippen molar-refractivity contribution >= 4 is 23.2 Å². The Morgan fingerprint density at radius 1 is 1.07 bits per heavy atom. The van der Waals surface area contributed by atoms with Crippen molar-refractivity contribution in [2.24, 2.45) is 5.10 Å². The maximum atomic E-state index is 12.7. The van der Waals surface area contributed by atoms with Gasteiger partial charge >= 0.3 is 6.18 Å². The average Bonchev–Trinajstić information content (AvgIpc) is 2.70. The van der Waals surface area contributed by atoms with Crippen LogP contribution in [0.4, 0.5) is 18.9 Å². The number of carbonyl (C=O) groups is 2. The molecule has 160 valence electrons. The fourth-order valence-electron chi connectivity index (χ4n) is 2.44. The Morgan fingerprint density at radius 2 is 1.80 bits per heavy atom. The maximum Gasteiger partial charge on any atom is 0.416 e. The molecule has 10 heteroatoms. The Balaban J connectivity index is 1.98. The number of benzene rings is 2. The third-order valence-corrected chi connectivity index (χ3v) is 3.89. The molecule has 2 amide bonds. The van der Waals surface area contributed by atoms with Gasteiger partial charge in [0.15, 0.2) is 0 Å². The maximum absolute atomic E-state index is 12.7. The fourth-order valence-corrected chi connectivity index (χ4v) is 2.44. The van der Waals surface area contributed by atoms with Gasteiger partial charge in [-0.15, -0.1) is 0 Å². The molecule has 0 heterocycles. The number of rotatable bonds is 7. The quantitative estimate of drug-likeness (QED) is 0.523. The first-order valence-corrected chi connectivity index (χ1v) is 8.66. The SMILES string of the molecule is COc1ccc(C(=O)N/N=C(/C)CC(=O)Nc2cccc(C(F)(F)F)c2)c(OC)c1. The van der Waals surface area contributed by atoms with Gasteiger partial charge in [-0.05, 0) is 37.3 Å². The van der Waals surface area contributed by atoms with Crippen LogP contribution in [0.1, 0.15) is 29.3 Å². The summed E-state index contributed by atoms with van der Waals surface area (Å²) in [6, 6.07) is 8.90. The molecule has 0 saturated heterocycles. The fraction of sp³-hybridized carbons (Fsp3) is 0.250. The number of nitrogens with zero attached hydrogens (tertiary/aromatic N) is 1. The molecule has 30 heavy (non-hydrogen) atoms. The summed E-state index contributed by atoms with van der Waals surface area (Å²) in [4.78, 5) is 24.3. The van der Waals surface area contributed by atoms with Gasteiger partial charge in [0.1, 0.15) is 11.5 Å². The molecule has 7 nitrogen and oxygen atoms in total. The standard InChI is InChI=1S/C20H20F3N3O4/c1-12(9-18(27)24-14-6-4-5-13(10-14)20(21,22)23)25-26-19(28)16-8-7-15(29-2)11-17(16)30-3/h4-8,10-11H,9H2,1-3H3,(H,24,27)(H,26,28)/b25-12-. The van der Waals surface area contributed by atoms with Crippen LogP contribution < -0.4 is 20.2 Å². The Morgan fingerprint density at radius 3 is 2.43 bits per heavy atom. The summed E-state index contributed by atoms with van der Waals surface area (Å²) in [7, 11) is 2.88. The van der Waals surface area contributed by atoms with Crippen molar-refractivity contribution in [2.75, 3.05) is 19.5 Å². The van der Waals surface area contributed by atoms with Gasteiger partial charge in [-0.25, -0.2) is 5.43 Å². The average molecular weight is 423 g/mol. The highest BCUT2D eigenvalue weighted by molar-refractivity contribution is 6.06. The van der Waals surface area contributed by atoms with Gasteiger partial charge < -0.3 is 14.8 Å². The van der Waals surface area contributed by atoms with Crippen LogP contribution in [0.2, 0.25) is 0 Å². The highest BCUT2D eigenvalue weighted by Gasteiger charge is 2.30. The zero-order valence-electron chi connectivity index (χ0n) is 16.5. The molecule has 0 aliphatic rings. The van der Waals surface area contributed by atoms with Crippen molar-refractivity contribution in [2.45, 2.75) is 19.5 Å². The summed E-state index contributed by atoms with van der Waals surface area (Å²) < 4.78 is 48.4. The largest absolute Gasteiger partial charge is 0.497 e. The molecule has 0 aliphatic carbocycles. The van der Waals surface area contributed by atoms with Crippen LogP contribution in [-0.2, 0) is 11.0 Å². The number of hydrogen-bond donors (Lipinski definition) is 2. The van der Waals surface area contributed by atoms with Gasteiger partial charge in [0, 0.05) is 17.5 Å². The van der Waals surface area contributed by atoms with E-state index in [1.165, 1.54) is 45.4 Å². The third-order valence-electron chi connectivity index (χ3n) is 3.89. The summed E-state index contributed by atoms with van der Waals surface area (Å²) in [5.74, 6) is -0.352. The molecule has 0 radical (unpaired) electrons. The molecule has 2 N–H and O–H groups in total. The molecule has 0 unspecified atom stereocenters. The third kappa shape index (κ3) is 6.23. The van der Waals surface area contributed by atoms with Crippen LogP contribution in [-0.4, -0.2) is 31.7 Å². The minimum atomic E-state index is -4.51. The number of alkyl halides is 3. The van der Waals surface area contributed by atoms with E-state index in [2.05, 4.69) is 15.8 Å². The van der Waals surface area contributed by atoms with E-state index in [4.69, 9.17) is 9.47 Å². The first kappa shape index (κ1) is 22.7. The van der Waals surface area contributed by atoms with Crippen molar-refractivity contribution in [3.05, 3.63) is 53.6 Å². The van der Waals surface area contributed by atoms with Crippen molar-refractivity contribution < 1.29 is 32.2 Å². The molecule has 2 rings (SSSR count). The smallest absolute Gasteiger partial charge is 0.416 e. The molecule has 0 aliphatic heterocycles. The second-order valence-corrected chi connectivity index (χ2v) is 6.16. The predicted molar refractivity (Wildman–Crippen MR) is 105 cm³/mol. The highest BCUT2D eigenvalue weighted by atomic mass is 19.4. The van der Waals surface area contributed by atoms with E-state index in [1.54, 1.807) is 6.07 Å². The number of anilines is 1. The van der Waals surface area contributed by atoms with Gasteiger partial charge in [-0.3, -0.25) is 9.59 Å². The molecule has 0 aromatic heterocycles. The van der Waals surface area contributed by atoms with Crippen molar-refractivity contribution in [1.29, 1.82) is 0 Å². The molecule has 0 fully saturated rings. The second kappa shape index (κ2) is 9.77. The summed E-state index contributed by atoms with van der Waals surface area (Å²) >= 11 is 0. The zero-order chi connectivity index (χ0) is 22.3. The number of hydrogen-bond acceptors (Lipinski definition) is 5. The lowest BCUT2D eigenvalue weighted by atomic mass is 10.2. The minimum absolute atomic E-state index is 0.00892. The molecule has 2 aromatic rings. The van der Waals surface area contributed by atoms with E-state index in [1.807, 2.05) is 0 Å². The highest BCUT2D eigenvalue weighted by Crippen LogP contribution is 2.30. The molecular formula is C20H20F3N3O4. The lowest BCUT2D eigenvalue weighted by Gasteiger charge is -2.10. The van der Waals surface area contributed by atoms with Crippen molar-refractivity contribution in [3.63, 3.8) is 0 Å². The molecular weight excluding hydrogens is 403 g/mol. The van der Waals surface area contributed by atoms with Crippen LogP contribution in [0.5, 0.6) is 11.5 Å². The van der Waals surface area contributed by atoms with Crippen molar-refractivity contribution in [1.82, 2.24) is 5.43 Å². The van der Waals surface area contributed by atoms with Gasteiger partial charge in [-0.1, -0.05) is 6.07 Å². The van der Waals surface area contributed by atoms with Crippen LogP contribution in [0.25, 0.3) is 0 Å². The number of carbonyl (C=O) groups excluding carboxylic acids is 2. The first-order chi connectivity index (χ1) is 14.1. The predicted octanol–water partition coefficient (Wildman–Crippen LogP) is 3.86. The number of nitrogens with one attached hydrogen (secondary N) is 2. The van der Waals surface area contributed by atoms with E-state index >= 15 is 0 Å². The monoisotopic (exact) mass is 423 g/mol. The van der Waals surface area contributed by atoms with Crippen LogP contribution in [0.15, 0.2) is 47.6 Å². The molecule has 2 aromatic carbocycles. The number of ether oxygens (including phenoxy) is 2. The van der Waals surface area contributed by atoms with Crippen molar-refractivity contribution in [3.8, 4) is 11.5 Å². The number of halogens is 3. The Kier molecular flexibility index (Phi) is 7.40. The molecule has 0 bridgehead atoms. The summed E-state index contributed by atoms with van der Waals surface area (Å²) in [5.41, 5.74) is 1.91. The topological polar surface area (TPSA) is 89.0 Å². The zero-order valence-corrected chi connectivity index (χ0v) is 16.5. The second-order valence-electron chi connectivity index (χ2n) is 6.16. The number of amides is 2. The van der Waals surface area contributed by atoms with Gasteiger partial charge in [-0.2, -0.15) is 18.3 Å². The normalized spacial score (nSPS) is 11.6. The summed E-state index contributed by atoms with van der Waals surface area (Å²) in [6.45, 7) is 1.50. The summed E-state index contributed by atoms with van der Waals surface area (Å²) in [6.07, 6.45) is -4.73. The van der Waals surface area contributed by atoms with E-state index in [0.29, 0.717) is 5.75 Å². The van der Waals surface area contributed by atoms with E-state index in [9.17, 15) is 22.8 Å². The van der Waals surface area contributed by atoms with E-state index in [0.717, 1.165) is 12.1 Å². The lowest BCUT2D eigenvalue weighted by Crippen LogP contribution is -2.22. The minimum Gasteiger partial charge on any atom is -0.497 e. The Hall–Kier alpha value is -3.56. The Bertz CT molecular complexity index is 959. The van der Waals surface area contributed by atoms with Crippen LogP contribution in [0, 0.1) is 0 Å². The van der Waals surface area contributed by atoms with Crippen LogP contribution in [0.3, 0.4) is 0 Å². The Labute approximate surface area is 170 Å². The van der Waals surface area contributed by atoms with Crippen LogP contribution >= 0.6 is 0 Å². The molecule has 0 saturated carbocycles. The first-order valence-electron chi connectivity index (χ1n) is 8.66. The van der Waals surface area contributed by atoms with E-state index < -0.39 is 23.6 Å².